The van der Waals surface area contributed by atoms with Gasteiger partial charge in [0.25, 0.3) is 0 Å². The maximum absolute atomic E-state index is 12.4. The molecule has 0 spiro atoms. The van der Waals surface area contributed by atoms with Crippen LogP contribution in [-0.2, 0) is 4.79 Å². The van der Waals surface area contributed by atoms with Crippen LogP contribution in [-0.4, -0.2) is 64.8 Å². The standard InChI is InChI=1S/C15H28N2O4/c1-3-6-15(13(19)20)7-10-17(11-8-15)14(21)16(4-2)9-5-12-18/h18H,3-12H2,1-2H3,(H,19,20). The van der Waals surface area contributed by atoms with Gasteiger partial charge in [-0.25, -0.2) is 4.79 Å². The zero-order chi connectivity index (χ0) is 15.9. The normalized spacial score (nSPS) is 17.6. The van der Waals surface area contributed by atoms with Gasteiger partial charge in [-0.1, -0.05) is 13.3 Å². The minimum absolute atomic E-state index is 0.0403. The van der Waals surface area contributed by atoms with E-state index in [2.05, 4.69) is 0 Å². The summed E-state index contributed by atoms with van der Waals surface area (Å²) in [7, 11) is 0. The number of piperidine rings is 1. The third kappa shape index (κ3) is 4.33. The second kappa shape index (κ2) is 8.22. The van der Waals surface area contributed by atoms with Crippen LogP contribution in [0.5, 0.6) is 0 Å². The van der Waals surface area contributed by atoms with Gasteiger partial charge in [0.2, 0.25) is 0 Å². The van der Waals surface area contributed by atoms with Crippen molar-refractivity contribution in [3.63, 3.8) is 0 Å². The second-order valence-electron chi connectivity index (χ2n) is 5.76. The highest BCUT2D eigenvalue weighted by atomic mass is 16.4. The van der Waals surface area contributed by atoms with E-state index < -0.39 is 11.4 Å². The van der Waals surface area contributed by atoms with Crippen molar-refractivity contribution < 1.29 is 19.8 Å². The van der Waals surface area contributed by atoms with Crippen LogP contribution in [0.15, 0.2) is 0 Å². The van der Waals surface area contributed by atoms with Crippen LogP contribution >= 0.6 is 0 Å². The number of amides is 2. The first kappa shape index (κ1) is 17.8. The lowest BCUT2D eigenvalue weighted by Crippen LogP contribution is -2.51. The molecule has 1 rings (SSSR count). The third-order valence-electron chi connectivity index (χ3n) is 4.41. The van der Waals surface area contributed by atoms with Gasteiger partial charge in [-0.05, 0) is 32.6 Å². The summed E-state index contributed by atoms with van der Waals surface area (Å²) >= 11 is 0. The summed E-state index contributed by atoms with van der Waals surface area (Å²) in [6.07, 6.45) is 3.14. The predicted octanol–water partition coefficient (Wildman–Crippen LogP) is 1.78. The number of rotatable bonds is 7. The summed E-state index contributed by atoms with van der Waals surface area (Å²) in [5.74, 6) is -0.732. The molecule has 1 aliphatic rings. The molecule has 0 bridgehead atoms. The molecule has 0 aromatic carbocycles. The number of aliphatic hydroxyl groups is 1. The summed E-state index contributed by atoms with van der Waals surface area (Å²) in [5.41, 5.74) is -0.659. The van der Waals surface area contributed by atoms with Gasteiger partial charge in [0.1, 0.15) is 0 Å². The molecule has 122 valence electrons. The van der Waals surface area contributed by atoms with Crippen molar-refractivity contribution in [3.05, 3.63) is 0 Å². The Morgan fingerprint density at radius 1 is 1.24 bits per heavy atom. The van der Waals surface area contributed by atoms with E-state index in [4.69, 9.17) is 5.11 Å². The number of aliphatic hydroxyl groups excluding tert-OH is 1. The third-order valence-corrected chi connectivity index (χ3v) is 4.41. The quantitative estimate of drug-likeness (QED) is 0.751. The van der Waals surface area contributed by atoms with E-state index in [0.717, 1.165) is 6.42 Å². The van der Waals surface area contributed by atoms with Gasteiger partial charge in [-0.15, -0.1) is 0 Å². The molecule has 0 saturated carbocycles. The van der Waals surface area contributed by atoms with Crippen LogP contribution in [0.25, 0.3) is 0 Å². The van der Waals surface area contributed by atoms with E-state index in [1.54, 1.807) is 9.80 Å². The number of aliphatic carboxylic acids is 1. The Hall–Kier alpha value is -1.30. The average molecular weight is 300 g/mol. The first-order chi connectivity index (χ1) is 10.0. The number of carbonyl (C=O) groups excluding carboxylic acids is 1. The zero-order valence-electron chi connectivity index (χ0n) is 13.2. The van der Waals surface area contributed by atoms with Crippen molar-refractivity contribution in [1.29, 1.82) is 0 Å². The Bertz CT molecular complexity index is 352. The largest absolute Gasteiger partial charge is 0.481 e. The van der Waals surface area contributed by atoms with Gasteiger partial charge in [0.05, 0.1) is 5.41 Å². The highest BCUT2D eigenvalue weighted by Gasteiger charge is 2.41. The molecule has 6 nitrogen and oxygen atoms in total. The monoisotopic (exact) mass is 300 g/mol. The Morgan fingerprint density at radius 3 is 2.29 bits per heavy atom. The molecule has 6 heteroatoms. The van der Waals surface area contributed by atoms with Crippen LogP contribution < -0.4 is 0 Å². The number of likely N-dealkylation sites (tertiary alicyclic amines) is 1. The number of carbonyl (C=O) groups is 2. The van der Waals surface area contributed by atoms with Gasteiger partial charge in [-0.3, -0.25) is 4.79 Å². The molecule has 0 aromatic heterocycles. The lowest BCUT2D eigenvalue weighted by molar-refractivity contribution is -0.152. The summed E-state index contributed by atoms with van der Waals surface area (Å²) in [4.78, 5) is 27.4. The molecule has 1 heterocycles. The van der Waals surface area contributed by atoms with Gasteiger partial charge in [0, 0.05) is 32.8 Å². The number of hydrogen-bond donors (Lipinski definition) is 2. The molecule has 21 heavy (non-hydrogen) atoms. The summed E-state index contributed by atoms with van der Waals surface area (Å²) in [6, 6.07) is -0.0403. The predicted molar refractivity (Wildman–Crippen MR) is 80.1 cm³/mol. The molecule has 1 fully saturated rings. The lowest BCUT2D eigenvalue weighted by Gasteiger charge is -2.40. The Balaban J connectivity index is 2.61. The minimum Gasteiger partial charge on any atom is -0.481 e. The van der Waals surface area contributed by atoms with E-state index in [-0.39, 0.29) is 12.6 Å². The first-order valence-corrected chi connectivity index (χ1v) is 7.89. The average Bonchev–Trinajstić information content (AvgIpc) is 2.48. The number of hydrogen-bond acceptors (Lipinski definition) is 3. The molecule has 0 aliphatic carbocycles. The Labute approximate surface area is 126 Å². The lowest BCUT2D eigenvalue weighted by atomic mass is 9.75. The Morgan fingerprint density at radius 2 is 1.86 bits per heavy atom. The molecule has 2 amide bonds. The van der Waals surface area contributed by atoms with E-state index in [0.29, 0.717) is 51.9 Å². The highest BCUT2D eigenvalue weighted by Crippen LogP contribution is 2.36. The zero-order valence-corrected chi connectivity index (χ0v) is 13.2. The van der Waals surface area contributed by atoms with Gasteiger partial charge < -0.3 is 20.0 Å². The van der Waals surface area contributed by atoms with Crippen LogP contribution in [0.2, 0.25) is 0 Å². The molecule has 1 saturated heterocycles. The second-order valence-corrected chi connectivity index (χ2v) is 5.76. The van der Waals surface area contributed by atoms with Crippen LogP contribution in [0, 0.1) is 5.41 Å². The van der Waals surface area contributed by atoms with Gasteiger partial charge >= 0.3 is 12.0 Å². The summed E-state index contributed by atoms with van der Waals surface area (Å²) < 4.78 is 0. The first-order valence-electron chi connectivity index (χ1n) is 7.89. The van der Waals surface area contributed by atoms with Gasteiger partial charge in [-0.2, -0.15) is 0 Å². The van der Waals surface area contributed by atoms with Crippen LogP contribution in [0.3, 0.4) is 0 Å². The van der Waals surface area contributed by atoms with Crippen molar-refractivity contribution in [3.8, 4) is 0 Å². The number of carboxylic acid groups (broad SMARTS) is 1. The molecule has 1 aliphatic heterocycles. The van der Waals surface area contributed by atoms with E-state index in [1.807, 2.05) is 13.8 Å². The van der Waals surface area contributed by atoms with Crippen LogP contribution in [0.1, 0.15) is 46.0 Å². The van der Waals surface area contributed by atoms with E-state index in [9.17, 15) is 14.7 Å². The van der Waals surface area contributed by atoms with Crippen molar-refractivity contribution >= 4 is 12.0 Å². The fraction of sp³-hybridized carbons (Fsp3) is 0.867. The van der Waals surface area contributed by atoms with E-state index >= 15 is 0 Å². The van der Waals surface area contributed by atoms with Crippen molar-refractivity contribution in [1.82, 2.24) is 9.80 Å². The molecule has 0 aromatic rings. The number of urea groups is 1. The van der Waals surface area contributed by atoms with Crippen molar-refractivity contribution in [2.75, 3.05) is 32.8 Å². The summed E-state index contributed by atoms with van der Waals surface area (Å²) in [5, 5.41) is 18.3. The maximum atomic E-state index is 12.4. The van der Waals surface area contributed by atoms with Crippen molar-refractivity contribution in [2.24, 2.45) is 5.41 Å². The fourth-order valence-electron chi connectivity index (χ4n) is 3.03. The SMILES string of the molecule is CCCC1(C(=O)O)CCN(C(=O)N(CC)CCCO)CC1. The number of carboxylic acids is 1. The van der Waals surface area contributed by atoms with Crippen LogP contribution in [0.4, 0.5) is 4.79 Å². The van der Waals surface area contributed by atoms with Crippen molar-refractivity contribution in [2.45, 2.75) is 46.0 Å². The smallest absolute Gasteiger partial charge is 0.319 e. The fourth-order valence-corrected chi connectivity index (χ4v) is 3.03. The molecular weight excluding hydrogens is 272 g/mol. The molecule has 2 N–H and O–H groups in total. The Kier molecular flexibility index (Phi) is 6.95. The minimum atomic E-state index is -0.732. The number of nitrogens with zero attached hydrogens (tertiary/aromatic N) is 2. The highest BCUT2D eigenvalue weighted by molar-refractivity contribution is 5.77. The molecular formula is C15H28N2O4. The van der Waals surface area contributed by atoms with E-state index in [1.165, 1.54) is 0 Å². The molecule has 0 unspecified atom stereocenters. The summed E-state index contributed by atoms with van der Waals surface area (Å²) in [6.45, 7) is 6.13. The molecule has 0 radical (unpaired) electrons. The van der Waals surface area contributed by atoms with Gasteiger partial charge in [0.15, 0.2) is 0 Å². The topological polar surface area (TPSA) is 81.1 Å². The maximum Gasteiger partial charge on any atom is 0.319 e. The molecule has 0 atom stereocenters.